The Morgan fingerprint density at radius 3 is 2.81 bits per heavy atom. The van der Waals surface area contributed by atoms with Crippen molar-refractivity contribution < 1.29 is 19.1 Å². The average Bonchev–Trinajstić information content (AvgIpc) is 3.10. The third kappa shape index (κ3) is 2.01. The maximum atomic E-state index is 12.6. The summed E-state index contributed by atoms with van der Waals surface area (Å²) in [7, 11) is 0. The number of rotatable bonds is 4. The van der Waals surface area contributed by atoms with Gasteiger partial charge in [0, 0.05) is 6.54 Å². The molecule has 2 aromatic rings. The molecule has 108 valence electrons. The number of halogens is 1. The molecule has 0 bridgehead atoms. The van der Waals surface area contributed by atoms with E-state index in [1.165, 1.54) is 12.3 Å². The number of carbonyl (C=O) groups is 2. The van der Waals surface area contributed by atoms with Gasteiger partial charge in [0.25, 0.3) is 0 Å². The van der Waals surface area contributed by atoms with Crippen molar-refractivity contribution in [1.29, 1.82) is 0 Å². The summed E-state index contributed by atoms with van der Waals surface area (Å²) in [5, 5.41) is 9.45. The van der Waals surface area contributed by atoms with Crippen molar-refractivity contribution in [3.63, 3.8) is 0 Å². The van der Waals surface area contributed by atoms with Crippen molar-refractivity contribution in [2.24, 2.45) is 0 Å². The molecule has 0 atom stereocenters. The third-order valence-electron chi connectivity index (χ3n) is 3.58. The van der Waals surface area contributed by atoms with Gasteiger partial charge in [-0.05, 0) is 30.2 Å². The molecule has 0 spiro atoms. The molecule has 0 radical (unpaired) electrons. The van der Waals surface area contributed by atoms with Gasteiger partial charge < -0.3 is 14.1 Å². The molecule has 0 saturated carbocycles. The SMILES string of the molecule is CCc1cc2n(c1C(=O)c1occc1Cl)CC=C2C(=O)O. The molecule has 0 aromatic carbocycles. The lowest BCUT2D eigenvalue weighted by Gasteiger charge is -2.06. The molecular formula is C15H12ClNO4. The second-order valence-corrected chi connectivity index (χ2v) is 5.12. The monoisotopic (exact) mass is 305 g/mol. The van der Waals surface area contributed by atoms with Crippen LogP contribution in [0.15, 0.2) is 28.9 Å². The Hall–Kier alpha value is -2.27. The van der Waals surface area contributed by atoms with Crippen LogP contribution in [0, 0.1) is 0 Å². The van der Waals surface area contributed by atoms with Gasteiger partial charge >= 0.3 is 5.97 Å². The lowest BCUT2D eigenvalue weighted by molar-refractivity contribution is -0.130. The van der Waals surface area contributed by atoms with Gasteiger partial charge in [-0.3, -0.25) is 4.79 Å². The standard InChI is InChI=1S/C15H12ClNO4/c1-2-8-7-11-9(15(19)20)3-5-17(11)12(8)13(18)14-10(16)4-6-21-14/h3-4,6-7H,2,5H2,1H3,(H,19,20). The van der Waals surface area contributed by atoms with Gasteiger partial charge in [0.2, 0.25) is 5.78 Å². The molecular weight excluding hydrogens is 294 g/mol. The Morgan fingerprint density at radius 2 is 2.24 bits per heavy atom. The fourth-order valence-electron chi connectivity index (χ4n) is 2.60. The summed E-state index contributed by atoms with van der Waals surface area (Å²) in [6.07, 6.45) is 3.57. The summed E-state index contributed by atoms with van der Waals surface area (Å²) in [6, 6.07) is 3.26. The van der Waals surface area contributed by atoms with Crippen LogP contribution in [0.1, 0.15) is 34.4 Å². The molecule has 0 unspecified atom stereocenters. The van der Waals surface area contributed by atoms with Gasteiger partial charge in [0.1, 0.15) is 0 Å². The number of hydrogen-bond acceptors (Lipinski definition) is 3. The van der Waals surface area contributed by atoms with Crippen LogP contribution in [0.2, 0.25) is 5.02 Å². The Morgan fingerprint density at radius 1 is 1.48 bits per heavy atom. The van der Waals surface area contributed by atoms with E-state index in [1.54, 1.807) is 16.7 Å². The predicted molar refractivity (Wildman–Crippen MR) is 76.6 cm³/mol. The summed E-state index contributed by atoms with van der Waals surface area (Å²) < 4.78 is 6.85. The minimum absolute atomic E-state index is 0.0797. The van der Waals surface area contributed by atoms with E-state index in [-0.39, 0.29) is 22.1 Å². The molecule has 21 heavy (non-hydrogen) atoms. The van der Waals surface area contributed by atoms with E-state index in [4.69, 9.17) is 16.0 Å². The van der Waals surface area contributed by atoms with E-state index in [1.807, 2.05) is 6.92 Å². The van der Waals surface area contributed by atoms with Crippen LogP contribution < -0.4 is 0 Å². The molecule has 0 fully saturated rings. The highest BCUT2D eigenvalue weighted by atomic mass is 35.5. The number of carbonyl (C=O) groups excluding carboxylic acids is 1. The van der Waals surface area contributed by atoms with Crippen molar-refractivity contribution in [2.45, 2.75) is 19.9 Å². The number of nitrogens with zero attached hydrogens (tertiary/aromatic N) is 1. The molecule has 0 aliphatic carbocycles. The van der Waals surface area contributed by atoms with Crippen molar-refractivity contribution in [2.75, 3.05) is 0 Å². The zero-order valence-electron chi connectivity index (χ0n) is 11.2. The first-order chi connectivity index (χ1) is 10.0. The summed E-state index contributed by atoms with van der Waals surface area (Å²) in [6.45, 7) is 2.27. The van der Waals surface area contributed by atoms with Crippen LogP contribution in [0.4, 0.5) is 0 Å². The third-order valence-corrected chi connectivity index (χ3v) is 3.88. The molecule has 3 rings (SSSR count). The maximum Gasteiger partial charge on any atom is 0.337 e. The van der Waals surface area contributed by atoms with Crippen molar-refractivity contribution in [1.82, 2.24) is 4.57 Å². The zero-order valence-corrected chi connectivity index (χ0v) is 12.0. The normalized spacial score (nSPS) is 13.1. The average molecular weight is 306 g/mol. The maximum absolute atomic E-state index is 12.6. The molecule has 0 saturated heterocycles. The molecule has 5 nitrogen and oxygen atoms in total. The summed E-state index contributed by atoms with van der Waals surface area (Å²) in [4.78, 5) is 23.9. The van der Waals surface area contributed by atoms with Gasteiger partial charge in [-0.25, -0.2) is 4.79 Å². The number of carboxylic acid groups (broad SMARTS) is 1. The first-order valence-electron chi connectivity index (χ1n) is 6.48. The fourth-order valence-corrected chi connectivity index (χ4v) is 2.78. The Bertz CT molecular complexity index is 782. The minimum Gasteiger partial charge on any atom is -0.478 e. The molecule has 1 N–H and O–H groups in total. The van der Waals surface area contributed by atoms with Crippen molar-refractivity contribution in [3.8, 4) is 0 Å². The van der Waals surface area contributed by atoms with Crippen LogP contribution >= 0.6 is 11.6 Å². The van der Waals surface area contributed by atoms with E-state index in [0.717, 1.165) is 5.56 Å². The molecule has 0 amide bonds. The number of furan rings is 1. The van der Waals surface area contributed by atoms with Gasteiger partial charge in [-0.1, -0.05) is 18.5 Å². The Labute approximate surface area is 125 Å². The van der Waals surface area contributed by atoms with E-state index < -0.39 is 5.97 Å². The smallest absolute Gasteiger partial charge is 0.337 e. The van der Waals surface area contributed by atoms with Gasteiger partial charge in [0.05, 0.1) is 28.2 Å². The van der Waals surface area contributed by atoms with Gasteiger partial charge in [-0.2, -0.15) is 0 Å². The van der Waals surface area contributed by atoms with Crippen LogP contribution in [0.25, 0.3) is 5.57 Å². The van der Waals surface area contributed by atoms with Crippen LogP contribution in [-0.2, 0) is 17.8 Å². The van der Waals surface area contributed by atoms with E-state index in [0.29, 0.717) is 24.4 Å². The van der Waals surface area contributed by atoms with Crippen molar-refractivity contribution in [3.05, 3.63) is 52.2 Å². The topological polar surface area (TPSA) is 72.4 Å². The number of hydrogen-bond donors (Lipinski definition) is 1. The predicted octanol–water partition coefficient (Wildman–Crippen LogP) is 3.01. The van der Waals surface area contributed by atoms with E-state index in [2.05, 4.69) is 0 Å². The highest BCUT2D eigenvalue weighted by Crippen LogP contribution is 2.31. The van der Waals surface area contributed by atoms with Gasteiger partial charge in [-0.15, -0.1) is 0 Å². The number of aromatic nitrogens is 1. The number of carboxylic acids is 1. The molecule has 3 heterocycles. The summed E-state index contributed by atoms with van der Waals surface area (Å²) >= 11 is 5.95. The Kier molecular flexibility index (Phi) is 3.22. The quantitative estimate of drug-likeness (QED) is 0.881. The number of allylic oxidation sites excluding steroid dienone is 1. The number of fused-ring (bicyclic) bond motifs is 1. The number of aryl methyl sites for hydroxylation is 1. The largest absolute Gasteiger partial charge is 0.478 e. The second-order valence-electron chi connectivity index (χ2n) is 4.72. The second kappa shape index (κ2) is 4.93. The van der Waals surface area contributed by atoms with Crippen LogP contribution in [0.3, 0.4) is 0 Å². The van der Waals surface area contributed by atoms with E-state index in [9.17, 15) is 14.7 Å². The lowest BCUT2D eigenvalue weighted by atomic mass is 10.1. The lowest BCUT2D eigenvalue weighted by Crippen LogP contribution is -2.11. The first kappa shape index (κ1) is 13.7. The molecule has 1 aliphatic heterocycles. The molecule has 6 heteroatoms. The van der Waals surface area contributed by atoms with Crippen LogP contribution in [-0.4, -0.2) is 21.4 Å². The zero-order chi connectivity index (χ0) is 15.1. The fraction of sp³-hybridized carbons (Fsp3) is 0.200. The molecule has 2 aromatic heterocycles. The number of aliphatic carboxylic acids is 1. The number of ketones is 1. The summed E-state index contributed by atoms with van der Waals surface area (Å²) in [5.74, 6) is -1.24. The minimum atomic E-state index is -0.996. The summed E-state index contributed by atoms with van der Waals surface area (Å²) in [5.41, 5.74) is 1.99. The van der Waals surface area contributed by atoms with E-state index >= 15 is 0 Å². The highest BCUT2D eigenvalue weighted by Gasteiger charge is 2.30. The van der Waals surface area contributed by atoms with Gasteiger partial charge in [0.15, 0.2) is 5.76 Å². The highest BCUT2D eigenvalue weighted by molar-refractivity contribution is 6.34. The first-order valence-corrected chi connectivity index (χ1v) is 6.86. The van der Waals surface area contributed by atoms with Crippen LogP contribution in [0.5, 0.6) is 0 Å². The van der Waals surface area contributed by atoms with Crippen molar-refractivity contribution >= 4 is 28.9 Å². The molecule has 1 aliphatic rings. The Balaban J connectivity index is 2.13.